The molecular weight excluding hydrogens is 278 g/mol. The lowest BCUT2D eigenvalue weighted by Gasteiger charge is -2.16. The van der Waals surface area contributed by atoms with Crippen molar-refractivity contribution in [3.63, 3.8) is 0 Å². The minimum atomic E-state index is -0.801. The molecule has 2 aromatic rings. The van der Waals surface area contributed by atoms with Crippen molar-refractivity contribution >= 4 is 17.3 Å². The molecular formula is C13H17N3O3S. The van der Waals surface area contributed by atoms with Crippen molar-refractivity contribution in [3.05, 3.63) is 23.4 Å². The molecule has 6 nitrogen and oxygen atoms in total. The second-order valence-electron chi connectivity index (χ2n) is 4.36. The fourth-order valence-corrected chi connectivity index (χ4v) is 2.51. The number of carboxylic acids is 1. The molecule has 0 bridgehead atoms. The third-order valence-electron chi connectivity index (χ3n) is 2.88. The summed E-state index contributed by atoms with van der Waals surface area (Å²) in [4.78, 5) is 17.9. The number of aryl methyl sites for hydroxylation is 1. The Bertz CT molecular complexity index is 539. The maximum atomic E-state index is 10.7. The quantitative estimate of drug-likeness (QED) is 0.803. The SMILES string of the molecule is CCN(CCCc1nc(-c2cccs2)no1)CC(=O)O. The first kappa shape index (κ1) is 14.7. The number of thiophene rings is 1. The van der Waals surface area contributed by atoms with Crippen molar-refractivity contribution in [2.75, 3.05) is 19.6 Å². The molecule has 0 spiro atoms. The highest BCUT2D eigenvalue weighted by atomic mass is 32.1. The summed E-state index contributed by atoms with van der Waals surface area (Å²) >= 11 is 1.57. The van der Waals surface area contributed by atoms with Crippen LogP contribution in [0.5, 0.6) is 0 Å². The minimum absolute atomic E-state index is 0.0702. The molecule has 2 aromatic heterocycles. The van der Waals surface area contributed by atoms with Gasteiger partial charge in [-0.05, 0) is 31.0 Å². The number of hydrogen-bond acceptors (Lipinski definition) is 6. The summed E-state index contributed by atoms with van der Waals surface area (Å²) in [5.74, 6) is 0.414. The lowest BCUT2D eigenvalue weighted by atomic mass is 10.3. The van der Waals surface area contributed by atoms with Crippen LogP contribution in [0.4, 0.5) is 0 Å². The Labute approximate surface area is 121 Å². The fourth-order valence-electron chi connectivity index (χ4n) is 1.86. The first-order valence-electron chi connectivity index (χ1n) is 6.49. The Morgan fingerprint density at radius 3 is 3.05 bits per heavy atom. The van der Waals surface area contributed by atoms with Crippen molar-refractivity contribution in [1.29, 1.82) is 0 Å². The average molecular weight is 295 g/mol. The molecule has 2 heterocycles. The molecule has 108 valence electrons. The molecule has 0 fully saturated rings. The number of aromatic nitrogens is 2. The van der Waals surface area contributed by atoms with Gasteiger partial charge in [-0.25, -0.2) is 0 Å². The standard InChI is InChI=1S/C13H17N3O3S/c1-2-16(9-12(17)18)7-3-6-11-14-13(15-19-11)10-5-4-8-20-10/h4-5,8H,2-3,6-7,9H2,1H3,(H,17,18). The van der Waals surface area contributed by atoms with Gasteiger partial charge in [-0.3, -0.25) is 9.69 Å². The molecule has 0 aliphatic rings. The summed E-state index contributed by atoms with van der Waals surface area (Å²) in [5.41, 5.74) is 0. The van der Waals surface area contributed by atoms with Crippen LogP contribution in [0.1, 0.15) is 19.2 Å². The third-order valence-corrected chi connectivity index (χ3v) is 3.75. The molecule has 0 saturated heterocycles. The molecule has 0 aromatic carbocycles. The van der Waals surface area contributed by atoms with E-state index in [1.54, 1.807) is 11.3 Å². The number of carboxylic acid groups (broad SMARTS) is 1. The number of nitrogens with zero attached hydrogens (tertiary/aromatic N) is 3. The molecule has 20 heavy (non-hydrogen) atoms. The maximum Gasteiger partial charge on any atom is 0.317 e. The first-order valence-corrected chi connectivity index (χ1v) is 7.37. The zero-order valence-electron chi connectivity index (χ0n) is 11.3. The van der Waals surface area contributed by atoms with E-state index in [1.165, 1.54) is 0 Å². The molecule has 0 unspecified atom stereocenters. The van der Waals surface area contributed by atoms with E-state index in [9.17, 15) is 4.79 Å². The Morgan fingerprint density at radius 2 is 2.40 bits per heavy atom. The topological polar surface area (TPSA) is 79.5 Å². The highest BCUT2D eigenvalue weighted by Crippen LogP contribution is 2.21. The number of likely N-dealkylation sites (N-methyl/N-ethyl adjacent to an activating group) is 1. The van der Waals surface area contributed by atoms with Crippen molar-refractivity contribution in [2.45, 2.75) is 19.8 Å². The Morgan fingerprint density at radius 1 is 1.55 bits per heavy atom. The number of rotatable bonds is 8. The van der Waals surface area contributed by atoms with Crippen molar-refractivity contribution in [2.24, 2.45) is 0 Å². The van der Waals surface area contributed by atoms with E-state index in [2.05, 4.69) is 10.1 Å². The van der Waals surface area contributed by atoms with E-state index in [4.69, 9.17) is 9.63 Å². The van der Waals surface area contributed by atoms with E-state index in [-0.39, 0.29) is 6.54 Å². The van der Waals surface area contributed by atoms with E-state index < -0.39 is 5.97 Å². The lowest BCUT2D eigenvalue weighted by Crippen LogP contribution is -2.30. The molecule has 7 heteroatoms. The summed E-state index contributed by atoms with van der Waals surface area (Å²) in [7, 11) is 0. The summed E-state index contributed by atoms with van der Waals surface area (Å²) in [6.07, 6.45) is 1.46. The predicted octanol–water partition coefficient (Wildman–Crippen LogP) is 2.14. The van der Waals surface area contributed by atoms with Crippen LogP contribution in [0.25, 0.3) is 10.7 Å². The predicted molar refractivity (Wildman–Crippen MR) is 75.7 cm³/mol. The lowest BCUT2D eigenvalue weighted by molar-refractivity contribution is -0.138. The summed E-state index contributed by atoms with van der Waals surface area (Å²) in [6, 6.07) is 3.89. The van der Waals surface area contributed by atoms with Gasteiger partial charge in [-0.2, -0.15) is 4.98 Å². The van der Waals surface area contributed by atoms with Crippen LogP contribution in [0, 0.1) is 0 Å². The maximum absolute atomic E-state index is 10.7. The summed E-state index contributed by atoms with van der Waals surface area (Å²) in [6.45, 7) is 3.45. The van der Waals surface area contributed by atoms with Crippen LogP contribution >= 0.6 is 11.3 Å². The molecule has 0 aliphatic carbocycles. The van der Waals surface area contributed by atoms with Crippen LogP contribution in [-0.4, -0.2) is 45.8 Å². The first-order chi connectivity index (χ1) is 9.69. The second-order valence-corrected chi connectivity index (χ2v) is 5.30. The highest BCUT2D eigenvalue weighted by molar-refractivity contribution is 7.13. The van der Waals surface area contributed by atoms with Gasteiger partial charge in [0.15, 0.2) is 0 Å². The zero-order chi connectivity index (χ0) is 14.4. The van der Waals surface area contributed by atoms with Gasteiger partial charge in [0.1, 0.15) is 0 Å². The smallest absolute Gasteiger partial charge is 0.317 e. The number of hydrogen-bond donors (Lipinski definition) is 1. The largest absolute Gasteiger partial charge is 0.480 e. The van der Waals surface area contributed by atoms with Crippen LogP contribution in [-0.2, 0) is 11.2 Å². The Balaban J connectivity index is 1.81. The van der Waals surface area contributed by atoms with Crippen LogP contribution in [0.2, 0.25) is 0 Å². The van der Waals surface area contributed by atoms with Gasteiger partial charge >= 0.3 is 5.97 Å². The van der Waals surface area contributed by atoms with Crippen molar-refractivity contribution in [3.8, 4) is 10.7 Å². The molecule has 0 aliphatic heterocycles. The Kier molecular flexibility index (Phi) is 5.25. The monoisotopic (exact) mass is 295 g/mol. The second kappa shape index (κ2) is 7.16. The molecule has 2 rings (SSSR count). The van der Waals surface area contributed by atoms with Gasteiger partial charge in [-0.1, -0.05) is 18.1 Å². The van der Waals surface area contributed by atoms with Gasteiger partial charge < -0.3 is 9.63 Å². The van der Waals surface area contributed by atoms with Crippen molar-refractivity contribution < 1.29 is 14.4 Å². The van der Waals surface area contributed by atoms with E-state index >= 15 is 0 Å². The number of aliphatic carboxylic acids is 1. The highest BCUT2D eigenvalue weighted by Gasteiger charge is 2.11. The molecule has 0 atom stereocenters. The van der Waals surface area contributed by atoms with Gasteiger partial charge in [0.25, 0.3) is 0 Å². The van der Waals surface area contributed by atoms with Gasteiger partial charge in [-0.15, -0.1) is 11.3 Å². The fraction of sp³-hybridized carbons (Fsp3) is 0.462. The minimum Gasteiger partial charge on any atom is -0.480 e. The molecule has 1 N–H and O–H groups in total. The van der Waals surface area contributed by atoms with Crippen molar-refractivity contribution in [1.82, 2.24) is 15.0 Å². The number of carbonyl (C=O) groups is 1. The Hall–Kier alpha value is -1.73. The van der Waals surface area contributed by atoms with E-state index in [0.29, 0.717) is 24.7 Å². The average Bonchev–Trinajstić information content (AvgIpc) is 3.07. The molecule has 0 radical (unpaired) electrons. The summed E-state index contributed by atoms with van der Waals surface area (Å²) < 4.78 is 5.20. The van der Waals surface area contributed by atoms with Gasteiger partial charge in [0.2, 0.25) is 11.7 Å². The zero-order valence-corrected chi connectivity index (χ0v) is 12.1. The van der Waals surface area contributed by atoms with Gasteiger partial charge in [0, 0.05) is 6.42 Å². The molecule has 0 saturated carbocycles. The van der Waals surface area contributed by atoms with E-state index in [0.717, 1.165) is 17.8 Å². The summed E-state index contributed by atoms with van der Waals surface area (Å²) in [5, 5.41) is 14.7. The third kappa shape index (κ3) is 4.14. The van der Waals surface area contributed by atoms with E-state index in [1.807, 2.05) is 29.3 Å². The van der Waals surface area contributed by atoms with Gasteiger partial charge in [0.05, 0.1) is 11.4 Å². The van der Waals surface area contributed by atoms with Crippen LogP contribution in [0.15, 0.2) is 22.0 Å². The molecule has 0 amide bonds. The van der Waals surface area contributed by atoms with Crippen LogP contribution in [0.3, 0.4) is 0 Å². The normalized spacial score (nSPS) is 11.1. The van der Waals surface area contributed by atoms with Crippen LogP contribution < -0.4 is 0 Å².